The van der Waals surface area contributed by atoms with Crippen molar-refractivity contribution in [1.29, 1.82) is 0 Å². The molecule has 0 saturated carbocycles. The fourth-order valence-electron chi connectivity index (χ4n) is 1.56. The fourth-order valence-corrected chi connectivity index (χ4v) is 2.54. The van der Waals surface area contributed by atoms with Crippen molar-refractivity contribution < 1.29 is 4.79 Å². The zero-order valence-electron chi connectivity index (χ0n) is 8.71. The number of hydrogen-bond donors (Lipinski definition) is 0. The van der Waals surface area contributed by atoms with Crippen LogP contribution in [0.1, 0.15) is 19.3 Å². The zero-order valence-corrected chi connectivity index (χ0v) is 9.52. The molecule has 0 spiro atoms. The van der Waals surface area contributed by atoms with Gasteiger partial charge < -0.3 is 4.90 Å². The minimum Gasteiger partial charge on any atom is -0.302 e. The van der Waals surface area contributed by atoms with E-state index in [2.05, 4.69) is 11.5 Å². The molecule has 1 rings (SSSR count). The molecule has 0 N–H and O–H groups in total. The Kier molecular flexibility index (Phi) is 5.96. The highest BCUT2D eigenvalue weighted by molar-refractivity contribution is 7.99. The van der Waals surface area contributed by atoms with Crippen molar-refractivity contribution >= 4 is 17.5 Å². The van der Waals surface area contributed by atoms with Gasteiger partial charge in [-0.1, -0.05) is 6.58 Å². The van der Waals surface area contributed by atoms with Crippen molar-refractivity contribution in [3.05, 3.63) is 12.7 Å². The lowest BCUT2D eigenvalue weighted by Gasteiger charge is -2.25. The summed E-state index contributed by atoms with van der Waals surface area (Å²) in [6, 6.07) is 0. The standard InChI is InChI=1S/C11H19NOS/c1-2-11(13)5-3-4-6-12-7-9-14-10-8-12/h2H,1,3-10H2. The van der Waals surface area contributed by atoms with Crippen LogP contribution in [-0.4, -0.2) is 41.8 Å². The molecule has 0 aliphatic carbocycles. The molecule has 2 nitrogen and oxygen atoms in total. The number of allylic oxidation sites excluding steroid dienone is 1. The lowest BCUT2D eigenvalue weighted by atomic mass is 10.1. The van der Waals surface area contributed by atoms with E-state index in [0.717, 1.165) is 19.4 Å². The number of hydrogen-bond acceptors (Lipinski definition) is 3. The van der Waals surface area contributed by atoms with E-state index >= 15 is 0 Å². The van der Waals surface area contributed by atoms with E-state index in [-0.39, 0.29) is 5.78 Å². The first-order chi connectivity index (χ1) is 6.83. The highest BCUT2D eigenvalue weighted by Crippen LogP contribution is 2.10. The third-order valence-corrected chi connectivity index (χ3v) is 3.42. The molecule has 0 aromatic heterocycles. The average molecular weight is 213 g/mol. The van der Waals surface area contributed by atoms with Crippen LogP contribution in [0.5, 0.6) is 0 Å². The van der Waals surface area contributed by atoms with E-state index in [1.807, 2.05) is 11.8 Å². The molecule has 0 aromatic rings. The van der Waals surface area contributed by atoms with Crippen LogP contribution < -0.4 is 0 Å². The van der Waals surface area contributed by atoms with Crippen molar-refractivity contribution in [2.24, 2.45) is 0 Å². The van der Waals surface area contributed by atoms with Crippen molar-refractivity contribution in [3.8, 4) is 0 Å². The van der Waals surface area contributed by atoms with Gasteiger partial charge >= 0.3 is 0 Å². The van der Waals surface area contributed by atoms with Gasteiger partial charge in [0, 0.05) is 31.0 Å². The number of rotatable bonds is 6. The second-order valence-corrected chi connectivity index (χ2v) is 4.81. The molecule has 0 amide bonds. The smallest absolute Gasteiger partial charge is 0.155 e. The Balaban J connectivity index is 1.97. The van der Waals surface area contributed by atoms with Crippen LogP contribution in [-0.2, 0) is 4.79 Å². The highest BCUT2D eigenvalue weighted by atomic mass is 32.2. The molecule has 14 heavy (non-hydrogen) atoms. The van der Waals surface area contributed by atoms with Gasteiger partial charge in [-0.25, -0.2) is 0 Å². The lowest BCUT2D eigenvalue weighted by molar-refractivity contribution is -0.114. The maximum Gasteiger partial charge on any atom is 0.155 e. The number of carbonyl (C=O) groups is 1. The average Bonchev–Trinajstić information content (AvgIpc) is 2.25. The molecule has 1 fully saturated rings. The summed E-state index contributed by atoms with van der Waals surface area (Å²) >= 11 is 2.04. The molecule has 1 aliphatic heterocycles. The number of nitrogens with zero attached hydrogens (tertiary/aromatic N) is 1. The highest BCUT2D eigenvalue weighted by Gasteiger charge is 2.09. The van der Waals surface area contributed by atoms with E-state index in [9.17, 15) is 4.79 Å². The summed E-state index contributed by atoms with van der Waals surface area (Å²) in [6.45, 7) is 7.07. The number of unbranched alkanes of at least 4 members (excludes halogenated alkanes) is 1. The van der Waals surface area contributed by atoms with Crippen LogP contribution >= 0.6 is 11.8 Å². The summed E-state index contributed by atoms with van der Waals surface area (Å²) in [6.07, 6.45) is 4.25. The normalized spacial score (nSPS) is 18.0. The number of thioether (sulfide) groups is 1. The molecular weight excluding hydrogens is 194 g/mol. The largest absolute Gasteiger partial charge is 0.302 e. The number of ketones is 1. The van der Waals surface area contributed by atoms with E-state index in [0.29, 0.717) is 6.42 Å². The molecule has 1 saturated heterocycles. The van der Waals surface area contributed by atoms with E-state index in [1.54, 1.807) is 0 Å². The first-order valence-corrected chi connectivity index (χ1v) is 6.44. The van der Waals surface area contributed by atoms with Crippen molar-refractivity contribution in [3.63, 3.8) is 0 Å². The Labute approximate surface area is 90.7 Å². The minimum atomic E-state index is 0.180. The molecule has 0 aromatic carbocycles. The Morgan fingerprint density at radius 2 is 2.07 bits per heavy atom. The van der Waals surface area contributed by atoms with Crippen LogP contribution in [0.3, 0.4) is 0 Å². The van der Waals surface area contributed by atoms with Crippen LogP contribution in [0.4, 0.5) is 0 Å². The third kappa shape index (κ3) is 4.82. The molecule has 0 unspecified atom stereocenters. The maximum absolute atomic E-state index is 10.9. The molecular formula is C11H19NOS. The van der Waals surface area contributed by atoms with Gasteiger partial charge in [0.1, 0.15) is 0 Å². The molecule has 0 bridgehead atoms. The third-order valence-electron chi connectivity index (χ3n) is 2.48. The van der Waals surface area contributed by atoms with Gasteiger partial charge in [0.05, 0.1) is 0 Å². The van der Waals surface area contributed by atoms with Crippen LogP contribution in [0.15, 0.2) is 12.7 Å². The summed E-state index contributed by atoms with van der Waals surface area (Å²) in [5, 5.41) is 0. The molecule has 3 heteroatoms. The van der Waals surface area contributed by atoms with Crippen LogP contribution in [0, 0.1) is 0 Å². The Hall–Kier alpha value is -0.280. The Morgan fingerprint density at radius 1 is 1.36 bits per heavy atom. The molecule has 0 atom stereocenters. The summed E-state index contributed by atoms with van der Waals surface area (Å²) in [4.78, 5) is 13.4. The van der Waals surface area contributed by atoms with Gasteiger partial charge in [-0.2, -0.15) is 11.8 Å². The predicted molar refractivity (Wildman–Crippen MR) is 62.8 cm³/mol. The molecule has 0 radical (unpaired) electrons. The second kappa shape index (κ2) is 7.07. The monoisotopic (exact) mass is 213 g/mol. The zero-order chi connectivity index (χ0) is 10.2. The first-order valence-electron chi connectivity index (χ1n) is 5.28. The molecule has 1 aliphatic rings. The number of carbonyl (C=O) groups excluding carboxylic acids is 1. The lowest BCUT2D eigenvalue weighted by Crippen LogP contribution is -2.33. The Morgan fingerprint density at radius 3 is 2.71 bits per heavy atom. The fraction of sp³-hybridized carbons (Fsp3) is 0.727. The van der Waals surface area contributed by atoms with Crippen LogP contribution in [0.25, 0.3) is 0 Å². The minimum absolute atomic E-state index is 0.180. The molecule has 80 valence electrons. The van der Waals surface area contributed by atoms with Crippen molar-refractivity contribution in [2.45, 2.75) is 19.3 Å². The van der Waals surface area contributed by atoms with Gasteiger partial charge in [0.25, 0.3) is 0 Å². The van der Waals surface area contributed by atoms with Gasteiger partial charge in [0.15, 0.2) is 5.78 Å². The van der Waals surface area contributed by atoms with Gasteiger partial charge in [-0.3, -0.25) is 4.79 Å². The topological polar surface area (TPSA) is 20.3 Å². The van der Waals surface area contributed by atoms with Gasteiger partial charge in [0.2, 0.25) is 0 Å². The summed E-state index contributed by atoms with van der Waals surface area (Å²) < 4.78 is 0. The summed E-state index contributed by atoms with van der Waals surface area (Å²) in [7, 11) is 0. The van der Waals surface area contributed by atoms with Crippen molar-refractivity contribution in [1.82, 2.24) is 4.90 Å². The summed E-state index contributed by atoms with van der Waals surface area (Å²) in [5.41, 5.74) is 0. The Bertz CT molecular complexity index is 188. The van der Waals surface area contributed by atoms with E-state index in [1.165, 1.54) is 30.7 Å². The van der Waals surface area contributed by atoms with Gasteiger partial charge in [-0.05, 0) is 25.5 Å². The molecule has 1 heterocycles. The SMILES string of the molecule is C=CC(=O)CCCCN1CCSCC1. The van der Waals surface area contributed by atoms with Gasteiger partial charge in [-0.15, -0.1) is 0 Å². The van der Waals surface area contributed by atoms with E-state index in [4.69, 9.17) is 0 Å². The predicted octanol–water partition coefficient (Wildman–Crippen LogP) is 1.96. The quantitative estimate of drug-likeness (QED) is 0.497. The summed E-state index contributed by atoms with van der Waals surface area (Å²) in [5.74, 6) is 2.72. The second-order valence-electron chi connectivity index (χ2n) is 3.58. The van der Waals surface area contributed by atoms with Crippen LogP contribution in [0.2, 0.25) is 0 Å². The first kappa shape index (κ1) is 11.8. The van der Waals surface area contributed by atoms with E-state index < -0.39 is 0 Å². The maximum atomic E-state index is 10.9. The van der Waals surface area contributed by atoms with Crippen molar-refractivity contribution in [2.75, 3.05) is 31.1 Å².